The molecule has 1 saturated carbocycles. The second-order valence-corrected chi connectivity index (χ2v) is 5.81. The van der Waals surface area contributed by atoms with Crippen LogP contribution < -0.4 is 0 Å². The lowest BCUT2D eigenvalue weighted by Gasteiger charge is -2.25. The first-order valence-electron chi connectivity index (χ1n) is 7.53. The van der Waals surface area contributed by atoms with Crippen LogP contribution in [-0.2, 0) is 6.42 Å². The minimum Gasteiger partial charge on any atom is -0.396 e. The van der Waals surface area contributed by atoms with Crippen molar-refractivity contribution in [2.45, 2.75) is 51.4 Å². The fraction of sp³-hybridized carbons (Fsp3) is 0.647. The summed E-state index contributed by atoms with van der Waals surface area (Å²) < 4.78 is 0. The molecule has 18 heavy (non-hydrogen) atoms. The third kappa shape index (κ3) is 4.45. The first-order valence-corrected chi connectivity index (χ1v) is 7.53. The standard InChI is InChI=1S/C17H26O/c18-14-17(13-16-9-5-2-6-10-16)12-11-15-7-3-1-4-8-15/h1,3-4,7-8,16-18H,2,5-6,9-14H2. The molecule has 2 rings (SSSR count). The molecule has 1 aliphatic carbocycles. The lowest BCUT2D eigenvalue weighted by molar-refractivity contribution is 0.178. The summed E-state index contributed by atoms with van der Waals surface area (Å²) in [5.41, 5.74) is 1.40. The number of aliphatic hydroxyl groups excluding tert-OH is 1. The molecule has 0 amide bonds. The second-order valence-electron chi connectivity index (χ2n) is 5.81. The number of benzene rings is 1. The molecule has 1 N–H and O–H groups in total. The van der Waals surface area contributed by atoms with Gasteiger partial charge < -0.3 is 5.11 Å². The van der Waals surface area contributed by atoms with Gasteiger partial charge in [-0.15, -0.1) is 0 Å². The second kappa shape index (κ2) is 7.58. The summed E-state index contributed by atoms with van der Waals surface area (Å²) in [5, 5.41) is 9.53. The van der Waals surface area contributed by atoms with E-state index in [4.69, 9.17) is 0 Å². The molecule has 1 heteroatoms. The SMILES string of the molecule is OCC(CCc1ccccc1)CC1CCCCC1. The molecule has 0 aliphatic heterocycles. The van der Waals surface area contributed by atoms with Gasteiger partial charge in [0.1, 0.15) is 0 Å². The van der Waals surface area contributed by atoms with E-state index in [1.54, 1.807) is 0 Å². The van der Waals surface area contributed by atoms with Gasteiger partial charge in [0.2, 0.25) is 0 Å². The largest absolute Gasteiger partial charge is 0.396 e. The zero-order valence-corrected chi connectivity index (χ0v) is 11.4. The average molecular weight is 246 g/mol. The summed E-state index contributed by atoms with van der Waals surface area (Å²) in [7, 11) is 0. The molecule has 0 saturated heterocycles. The van der Waals surface area contributed by atoms with Gasteiger partial charge in [0.15, 0.2) is 0 Å². The van der Waals surface area contributed by atoms with Gasteiger partial charge in [-0.1, -0.05) is 62.4 Å². The molecule has 1 aromatic rings. The molecule has 0 heterocycles. The first-order chi connectivity index (χ1) is 8.88. The Bertz CT molecular complexity index is 314. The molecule has 1 fully saturated rings. The van der Waals surface area contributed by atoms with E-state index in [1.807, 2.05) is 0 Å². The Morgan fingerprint density at radius 2 is 1.78 bits per heavy atom. The van der Waals surface area contributed by atoms with Crippen LogP contribution in [0.5, 0.6) is 0 Å². The highest BCUT2D eigenvalue weighted by Gasteiger charge is 2.18. The van der Waals surface area contributed by atoms with Crippen molar-refractivity contribution in [3.63, 3.8) is 0 Å². The highest BCUT2D eigenvalue weighted by Crippen LogP contribution is 2.30. The van der Waals surface area contributed by atoms with Gasteiger partial charge in [-0.2, -0.15) is 0 Å². The molecular weight excluding hydrogens is 220 g/mol. The third-order valence-corrected chi connectivity index (χ3v) is 4.33. The summed E-state index contributed by atoms with van der Waals surface area (Å²) in [6.07, 6.45) is 10.5. The van der Waals surface area contributed by atoms with Crippen LogP contribution in [0.25, 0.3) is 0 Å². The fourth-order valence-electron chi connectivity index (χ4n) is 3.19. The van der Waals surface area contributed by atoms with Crippen molar-refractivity contribution >= 4 is 0 Å². The predicted molar refractivity (Wildman–Crippen MR) is 76.5 cm³/mol. The molecule has 1 aromatic carbocycles. The van der Waals surface area contributed by atoms with Gasteiger partial charge in [0.25, 0.3) is 0 Å². The van der Waals surface area contributed by atoms with Crippen molar-refractivity contribution in [3.05, 3.63) is 35.9 Å². The van der Waals surface area contributed by atoms with Crippen LogP contribution >= 0.6 is 0 Å². The lowest BCUT2D eigenvalue weighted by atomic mass is 9.81. The zero-order chi connectivity index (χ0) is 12.6. The summed E-state index contributed by atoms with van der Waals surface area (Å²) in [6, 6.07) is 10.6. The van der Waals surface area contributed by atoms with Crippen molar-refractivity contribution in [1.82, 2.24) is 0 Å². The fourth-order valence-corrected chi connectivity index (χ4v) is 3.19. The van der Waals surface area contributed by atoms with Gasteiger partial charge in [0.05, 0.1) is 0 Å². The number of aliphatic hydroxyl groups is 1. The van der Waals surface area contributed by atoms with Crippen LogP contribution in [0.2, 0.25) is 0 Å². The molecular formula is C17H26O. The third-order valence-electron chi connectivity index (χ3n) is 4.33. The number of aryl methyl sites for hydroxylation is 1. The molecule has 0 aromatic heterocycles. The van der Waals surface area contributed by atoms with Gasteiger partial charge >= 0.3 is 0 Å². The van der Waals surface area contributed by atoms with Crippen LogP contribution in [-0.4, -0.2) is 11.7 Å². The maximum absolute atomic E-state index is 9.53. The van der Waals surface area contributed by atoms with Crippen molar-refractivity contribution in [1.29, 1.82) is 0 Å². The number of hydrogen-bond acceptors (Lipinski definition) is 1. The Morgan fingerprint density at radius 1 is 1.06 bits per heavy atom. The Morgan fingerprint density at radius 3 is 2.44 bits per heavy atom. The van der Waals surface area contributed by atoms with E-state index >= 15 is 0 Å². The van der Waals surface area contributed by atoms with Crippen molar-refractivity contribution in [2.24, 2.45) is 11.8 Å². The van der Waals surface area contributed by atoms with E-state index in [0.717, 1.165) is 18.8 Å². The molecule has 0 spiro atoms. The molecule has 1 nitrogen and oxygen atoms in total. The minimum absolute atomic E-state index is 0.364. The molecule has 1 unspecified atom stereocenters. The monoisotopic (exact) mass is 246 g/mol. The summed E-state index contributed by atoms with van der Waals surface area (Å²) >= 11 is 0. The van der Waals surface area contributed by atoms with Gasteiger partial charge in [-0.3, -0.25) is 0 Å². The predicted octanol–water partition coefficient (Wildman–Crippen LogP) is 4.20. The Hall–Kier alpha value is -0.820. The van der Waals surface area contributed by atoms with E-state index in [2.05, 4.69) is 30.3 Å². The molecule has 1 atom stereocenters. The molecule has 0 radical (unpaired) electrons. The van der Waals surface area contributed by atoms with E-state index < -0.39 is 0 Å². The maximum Gasteiger partial charge on any atom is 0.0459 e. The quantitative estimate of drug-likeness (QED) is 0.797. The number of rotatable bonds is 6. The lowest BCUT2D eigenvalue weighted by Crippen LogP contribution is -2.15. The van der Waals surface area contributed by atoms with Crippen LogP contribution in [0.4, 0.5) is 0 Å². The van der Waals surface area contributed by atoms with Crippen molar-refractivity contribution in [3.8, 4) is 0 Å². The highest BCUT2D eigenvalue weighted by molar-refractivity contribution is 5.14. The smallest absolute Gasteiger partial charge is 0.0459 e. The molecule has 0 bridgehead atoms. The normalized spacial score (nSPS) is 18.7. The van der Waals surface area contributed by atoms with Gasteiger partial charge in [-0.05, 0) is 36.7 Å². The zero-order valence-electron chi connectivity index (χ0n) is 11.4. The van der Waals surface area contributed by atoms with Gasteiger partial charge in [-0.25, -0.2) is 0 Å². The van der Waals surface area contributed by atoms with Crippen molar-refractivity contribution < 1.29 is 5.11 Å². The van der Waals surface area contributed by atoms with Crippen molar-refractivity contribution in [2.75, 3.05) is 6.61 Å². The Labute approximate surface area is 111 Å². The van der Waals surface area contributed by atoms with E-state index in [1.165, 1.54) is 44.1 Å². The van der Waals surface area contributed by atoms with Gasteiger partial charge in [0, 0.05) is 6.61 Å². The summed E-state index contributed by atoms with van der Waals surface area (Å²) in [5.74, 6) is 1.39. The van der Waals surface area contributed by atoms with Crippen LogP contribution in [0, 0.1) is 11.8 Å². The topological polar surface area (TPSA) is 20.2 Å². The van der Waals surface area contributed by atoms with E-state index in [0.29, 0.717) is 12.5 Å². The Balaban J connectivity index is 1.74. The van der Waals surface area contributed by atoms with Crippen LogP contribution in [0.1, 0.15) is 50.5 Å². The van der Waals surface area contributed by atoms with Crippen LogP contribution in [0.3, 0.4) is 0 Å². The summed E-state index contributed by atoms with van der Waals surface area (Å²) in [6.45, 7) is 0.364. The van der Waals surface area contributed by atoms with E-state index in [-0.39, 0.29) is 0 Å². The number of hydrogen-bond donors (Lipinski definition) is 1. The highest BCUT2D eigenvalue weighted by atomic mass is 16.3. The molecule has 1 aliphatic rings. The Kier molecular flexibility index (Phi) is 5.73. The van der Waals surface area contributed by atoms with Crippen LogP contribution in [0.15, 0.2) is 30.3 Å². The summed E-state index contributed by atoms with van der Waals surface area (Å²) in [4.78, 5) is 0. The first kappa shape index (κ1) is 13.6. The average Bonchev–Trinajstić information content (AvgIpc) is 2.45. The maximum atomic E-state index is 9.53. The minimum atomic E-state index is 0.364. The van der Waals surface area contributed by atoms with E-state index in [9.17, 15) is 5.11 Å². The molecule has 100 valence electrons.